The molecule has 0 bridgehead atoms. The van der Waals surface area contributed by atoms with Gasteiger partial charge in [-0.2, -0.15) is 5.26 Å². The second-order valence-electron chi connectivity index (χ2n) is 7.34. The van der Waals surface area contributed by atoms with Gasteiger partial charge in [0.15, 0.2) is 0 Å². The van der Waals surface area contributed by atoms with E-state index in [1.165, 1.54) is 12.1 Å². The van der Waals surface area contributed by atoms with Gasteiger partial charge in [0.25, 0.3) is 5.56 Å². The largest absolute Gasteiger partial charge is 0.384 e. The lowest BCUT2D eigenvalue weighted by Gasteiger charge is -2.17. The maximum Gasteiger partial charge on any atom is 0.329 e. The molecule has 9 nitrogen and oxygen atoms in total. The molecule has 3 rings (SSSR count). The van der Waals surface area contributed by atoms with Crippen LogP contribution in [-0.4, -0.2) is 25.3 Å². The van der Waals surface area contributed by atoms with Crippen LogP contribution in [0, 0.1) is 18.3 Å². The fourth-order valence-electron chi connectivity index (χ4n) is 3.36. The molecule has 0 aliphatic carbocycles. The third-order valence-electron chi connectivity index (χ3n) is 4.59. The predicted octanol–water partition coefficient (Wildman–Crippen LogP) is 2.15. The highest BCUT2D eigenvalue weighted by Gasteiger charge is 2.25. The van der Waals surface area contributed by atoms with Crippen LogP contribution in [0.3, 0.4) is 0 Å². The molecule has 0 saturated carbocycles. The second-order valence-corrected chi connectivity index (χ2v) is 7.68. The number of hydrogen-bond donors (Lipinski definition) is 2. The van der Waals surface area contributed by atoms with E-state index in [4.69, 9.17) is 17.3 Å². The van der Waals surface area contributed by atoms with Crippen molar-refractivity contribution in [2.45, 2.75) is 33.2 Å². The molecule has 0 aliphatic rings. The van der Waals surface area contributed by atoms with Crippen LogP contribution in [0.15, 0.2) is 33.9 Å². The number of halogens is 1. The summed E-state index contributed by atoms with van der Waals surface area (Å²) in [6.07, 6.45) is 0. The van der Waals surface area contributed by atoms with Gasteiger partial charge in [0.05, 0.1) is 23.9 Å². The first-order valence-electron chi connectivity index (χ1n) is 9.33. The van der Waals surface area contributed by atoms with Gasteiger partial charge in [0, 0.05) is 17.2 Å². The number of benzene rings is 1. The molecule has 0 spiro atoms. The zero-order valence-electron chi connectivity index (χ0n) is 17.1. The van der Waals surface area contributed by atoms with Gasteiger partial charge >= 0.3 is 5.69 Å². The number of nitrogen functional groups attached to an aromatic ring is 1. The lowest BCUT2D eigenvalue weighted by molar-refractivity contribution is 0.102. The van der Waals surface area contributed by atoms with Crippen molar-refractivity contribution < 1.29 is 4.79 Å². The first kappa shape index (κ1) is 21.9. The first-order valence-corrected chi connectivity index (χ1v) is 9.71. The molecule has 0 fully saturated rings. The monoisotopic (exact) mass is 438 g/mol. The van der Waals surface area contributed by atoms with Crippen molar-refractivity contribution in [3.8, 4) is 6.07 Å². The predicted molar refractivity (Wildman–Crippen MR) is 115 cm³/mol. The quantitative estimate of drug-likeness (QED) is 0.458. The molecule has 1 aromatic carbocycles. The molecule has 0 atom stereocenters. The van der Waals surface area contributed by atoms with E-state index in [0.717, 1.165) is 4.57 Å². The molecular formula is C21H19ClN6O3. The minimum atomic E-state index is -0.779. The van der Waals surface area contributed by atoms with Crippen LogP contribution >= 0.6 is 11.6 Å². The summed E-state index contributed by atoms with van der Waals surface area (Å²) in [6, 6.07) is 8.09. The molecule has 10 heteroatoms. The van der Waals surface area contributed by atoms with E-state index in [9.17, 15) is 19.6 Å². The molecule has 3 aromatic rings. The number of nitriles is 1. The van der Waals surface area contributed by atoms with E-state index >= 15 is 0 Å². The summed E-state index contributed by atoms with van der Waals surface area (Å²) in [7, 11) is 0. The highest BCUT2D eigenvalue weighted by atomic mass is 35.5. The third-order valence-corrected chi connectivity index (χ3v) is 4.76. The van der Waals surface area contributed by atoms with Gasteiger partial charge in [-0.25, -0.2) is 14.8 Å². The number of ketones is 1. The zero-order chi connectivity index (χ0) is 22.9. The Bertz CT molecular complexity index is 1330. The van der Waals surface area contributed by atoms with E-state index in [1.807, 2.05) is 6.07 Å². The Morgan fingerprint density at radius 1 is 1.26 bits per heavy atom. The van der Waals surface area contributed by atoms with Crippen molar-refractivity contribution in [1.29, 1.82) is 5.26 Å². The molecule has 2 heterocycles. The van der Waals surface area contributed by atoms with Crippen molar-refractivity contribution >= 4 is 23.2 Å². The summed E-state index contributed by atoms with van der Waals surface area (Å²) in [5, 5.41) is 9.15. The Labute approximate surface area is 182 Å². The van der Waals surface area contributed by atoms with Crippen molar-refractivity contribution in [1.82, 2.24) is 19.5 Å². The number of aryl methyl sites for hydroxylation is 1. The number of nitrogens with one attached hydrogen (secondary N) is 1. The lowest BCUT2D eigenvalue weighted by atomic mass is 9.95. The van der Waals surface area contributed by atoms with Gasteiger partial charge < -0.3 is 5.73 Å². The van der Waals surface area contributed by atoms with Crippen LogP contribution in [0.1, 0.15) is 58.2 Å². The van der Waals surface area contributed by atoms with E-state index in [1.54, 1.807) is 32.9 Å². The minimum Gasteiger partial charge on any atom is -0.384 e. The first-order chi connectivity index (χ1) is 14.6. The molecular weight excluding hydrogens is 420 g/mol. The Hall–Kier alpha value is -3.77. The zero-order valence-corrected chi connectivity index (χ0v) is 17.8. The van der Waals surface area contributed by atoms with E-state index < -0.39 is 17.0 Å². The SMILES string of the molecule is Cc1cc(C#N)cc(C(=O)c2c(C(C)C)c(=O)[nH]c(=O)n2Cc2cc(N)nc(Cl)n2)c1. The summed E-state index contributed by atoms with van der Waals surface area (Å²) < 4.78 is 1.13. The number of carbonyl (C=O) groups excluding carboxylic acids is 1. The topological polar surface area (TPSA) is 148 Å². The summed E-state index contributed by atoms with van der Waals surface area (Å²) >= 11 is 5.87. The van der Waals surface area contributed by atoms with Crippen LogP contribution < -0.4 is 17.0 Å². The van der Waals surface area contributed by atoms with Gasteiger partial charge in [-0.15, -0.1) is 0 Å². The van der Waals surface area contributed by atoms with Crippen molar-refractivity contribution in [2.24, 2.45) is 0 Å². The molecule has 0 saturated heterocycles. The number of anilines is 1. The van der Waals surface area contributed by atoms with Crippen molar-refractivity contribution in [3.05, 3.63) is 84.0 Å². The number of nitrogens with two attached hydrogens (primary N) is 1. The summed E-state index contributed by atoms with van der Waals surface area (Å²) in [5.41, 5.74) is 5.84. The Morgan fingerprint density at radius 3 is 2.58 bits per heavy atom. The van der Waals surface area contributed by atoms with Crippen LogP contribution in [0.25, 0.3) is 0 Å². The van der Waals surface area contributed by atoms with Gasteiger partial charge in [0.1, 0.15) is 11.5 Å². The Kier molecular flexibility index (Phi) is 6.04. The average molecular weight is 439 g/mol. The van der Waals surface area contributed by atoms with Crippen LogP contribution in [0.2, 0.25) is 5.28 Å². The summed E-state index contributed by atoms with van der Waals surface area (Å²) in [6.45, 7) is 5.07. The maximum atomic E-state index is 13.5. The van der Waals surface area contributed by atoms with Gasteiger partial charge in [-0.1, -0.05) is 13.8 Å². The number of H-pyrrole nitrogens is 1. The normalized spacial score (nSPS) is 10.8. The molecule has 0 amide bonds. The fourth-order valence-corrected chi connectivity index (χ4v) is 3.57. The van der Waals surface area contributed by atoms with E-state index in [0.29, 0.717) is 11.1 Å². The summed E-state index contributed by atoms with van der Waals surface area (Å²) in [5.74, 6) is -0.823. The Balaban J connectivity index is 2.30. The average Bonchev–Trinajstić information content (AvgIpc) is 2.67. The number of nitrogens with zero attached hydrogens (tertiary/aromatic N) is 4. The summed E-state index contributed by atoms with van der Waals surface area (Å²) in [4.78, 5) is 49.0. The van der Waals surface area contributed by atoms with Crippen LogP contribution in [-0.2, 0) is 6.54 Å². The molecule has 0 unspecified atom stereocenters. The number of hydrogen-bond acceptors (Lipinski definition) is 7. The molecule has 31 heavy (non-hydrogen) atoms. The van der Waals surface area contributed by atoms with Crippen molar-refractivity contribution in [3.63, 3.8) is 0 Å². The smallest absolute Gasteiger partial charge is 0.329 e. The van der Waals surface area contributed by atoms with Gasteiger partial charge in [-0.3, -0.25) is 19.1 Å². The standard InChI is InChI=1S/C21H19ClN6O3/c1-10(2)16-17(18(29)13-5-11(3)4-12(6-13)8-23)28(21(31)27-19(16)30)9-14-7-15(24)26-20(22)25-14/h4-7,10H,9H2,1-3H3,(H2,24,25,26)(H,27,30,31). The minimum absolute atomic E-state index is 0.0773. The number of rotatable bonds is 5. The molecule has 0 radical (unpaired) electrons. The third kappa shape index (κ3) is 4.54. The lowest BCUT2D eigenvalue weighted by Crippen LogP contribution is -2.38. The molecule has 0 aliphatic heterocycles. The fraction of sp³-hybridized carbons (Fsp3) is 0.238. The van der Waals surface area contributed by atoms with E-state index in [-0.39, 0.29) is 46.1 Å². The highest BCUT2D eigenvalue weighted by Crippen LogP contribution is 2.21. The number of carbonyl (C=O) groups is 1. The maximum absolute atomic E-state index is 13.5. The molecule has 2 aromatic heterocycles. The number of aromatic nitrogens is 4. The molecule has 3 N–H and O–H groups in total. The van der Waals surface area contributed by atoms with Crippen molar-refractivity contribution in [2.75, 3.05) is 5.73 Å². The van der Waals surface area contributed by atoms with Gasteiger partial charge in [-0.05, 0) is 48.2 Å². The molecule has 158 valence electrons. The Morgan fingerprint density at radius 2 is 1.97 bits per heavy atom. The number of aromatic amines is 1. The van der Waals surface area contributed by atoms with Crippen LogP contribution in [0.5, 0.6) is 0 Å². The second kappa shape index (κ2) is 8.53. The van der Waals surface area contributed by atoms with E-state index in [2.05, 4.69) is 15.0 Å². The van der Waals surface area contributed by atoms with Crippen LogP contribution in [0.4, 0.5) is 5.82 Å². The highest BCUT2D eigenvalue weighted by molar-refractivity contribution is 6.28. The van der Waals surface area contributed by atoms with Gasteiger partial charge in [0.2, 0.25) is 11.1 Å².